The first-order valence-corrected chi connectivity index (χ1v) is 12.8. The molecule has 1 amide bonds. The maximum absolute atomic E-state index is 13.0. The molecule has 1 heterocycles. The molecule has 0 radical (unpaired) electrons. The predicted octanol–water partition coefficient (Wildman–Crippen LogP) is 4.10. The van der Waals surface area contributed by atoms with E-state index in [-0.39, 0.29) is 38.7 Å². The summed E-state index contributed by atoms with van der Waals surface area (Å²) in [5, 5.41) is 13.2. The van der Waals surface area contributed by atoms with Gasteiger partial charge in [0, 0.05) is 25.2 Å². The molecule has 3 rings (SSSR count). The molecule has 0 aliphatic carbocycles. The SMILES string of the molecule is C[C@H]1C[C@H](C)CN(S(=O)(=O)c2ccc(C(=O)O[C@@H](C)C(=O)Nc3ccc([N+](=O)[O-])cc3Cl)cc2)C1. The van der Waals surface area contributed by atoms with Crippen molar-refractivity contribution < 1.29 is 27.7 Å². The number of anilines is 1. The molecule has 1 N–H and O–H groups in total. The Balaban J connectivity index is 1.63. The average Bonchev–Trinajstić information content (AvgIpc) is 2.79. The number of non-ortho nitro benzene ring substituents is 1. The highest BCUT2D eigenvalue weighted by atomic mass is 35.5. The van der Waals surface area contributed by atoms with Gasteiger partial charge >= 0.3 is 5.97 Å². The van der Waals surface area contributed by atoms with Crippen LogP contribution in [0.2, 0.25) is 5.02 Å². The smallest absolute Gasteiger partial charge is 0.338 e. The molecule has 0 unspecified atom stereocenters. The van der Waals surface area contributed by atoms with Gasteiger partial charge in [0.05, 0.1) is 26.1 Å². The van der Waals surface area contributed by atoms with Gasteiger partial charge < -0.3 is 10.1 Å². The summed E-state index contributed by atoms with van der Waals surface area (Å²) in [5.74, 6) is -0.985. The number of piperidine rings is 1. The third-order valence-electron chi connectivity index (χ3n) is 5.64. The molecule has 188 valence electrons. The largest absolute Gasteiger partial charge is 0.449 e. The molecule has 2 aromatic rings. The number of nitrogens with one attached hydrogen (secondary N) is 1. The molecule has 0 spiro atoms. The number of sulfonamides is 1. The summed E-state index contributed by atoms with van der Waals surface area (Å²) in [4.78, 5) is 35.1. The molecule has 1 fully saturated rings. The van der Waals surface area contributed by atoms with Crippen LogP contribution in [-0.4, -0.2) is 48.7 Å². The van der Waals surface area contributed by atoms with Crippen LogP contribution in [0, 0.1) is 22.0 Å². The van der Waals surface area contributed by atoms with E-state index in [1.807, 2.05) is 13.8 Å². The van der Waals surface area contributed by atoms with Gasteiger partial charge in [0.1, 0.15) is 0 Å². The summed E-state index contributed by atoms with van der Waals surface area (Å²) < 4.78 is 32.6. The van der Waals surface area contributed by atoms with Gasteiger partial charge in [-0.1, -0.05) is 25.4 Å². The van der Waals surface area contributed by atoms with Crippen LogP contribution in [0.4, 0.5) is 11.4 Å². The van der Waals surface area contributed by atoms with E-state index in [4.69, 9.17) is 16.3 Å². The third-order valence-corrected chi connectivity index (χ3v) is 7.80. The lowest BCUT2D eigenvalue weighted by Gasteiger charge is -2.34. The monoisotopic (exact) mass is 523 g/mol. The van der Waals surface area contributed by atoms with Crippen molar-refractivity contribution in [1.29, 1.82) is 0 Å². The molecule has 1 aliphatic heterocycles. The van der Waals surface area contributed by atoms with Gasteiger partial charge in [-0.25, -0.2) is 13.2 Å². The first-order valence-electron chi connectivity index (χ1n) is 10.9. The summed E-state index contributed by atoms with van der Waals surface area (Å²) in [7, 11) is -3.69. The van der Waals surface area contributed by atoms with E-state index in [0.29, 0.717) is 13.1 Å². The van der Waals surface area contributed by atoms with Crippen molar-refractivity contribution in [3.05, 3.63) is 63.2 Å². The lowest BCUT2D eigenvalue weighted by atomic mass is 9.94. The van der Waals surface area contributed by atoms with Gasteiger partial charge in [-0.2, -0.15) is 4.31 Å². The topological polar surface area (TPSA) is 136 Å². The number of hydrogen-bond acceptors (Lipinski definition) is 7. The lowest BCUT2D eigenvalue weighted by molar-refractivity contribution is -0.384. The van der Waals surface area contributed by atoms with Crippen molar-refractivity contribution >= 4 is 44.9 Å². The standard InChI is InChI=1S/C23H26ClN3O7S/c1-14-10-15(2)13-26(12-14)35(32,33)19-7-4-17(5-8-19)23(29)34-16(3)22(28)25-21-9-6-18(27(30)31)11-20(21)24/h4-9,11,14-16H,10,12-13H2,1-3H3,(H,25,28)/t14-,15-,16-/m0/s1. The average molecular weight is 524 g/mol. The first kappa shape index (κ1) is 26.6. The second-order valence-electron chi connectivity index (χ2n) is 8.75. The molecule has 3 atom stereocenters. The number of halogens is 1. The molecular formula is C23H26ClN3O7S. The number of nitro benzene ring substituents is 1. The highest BCUT2D eigenvalue weighted by molar-refractivity contribution is 7.89. The molecule has 2 aromatic carbocycles. The minimum Gasteiger partial charge on any atom is -0.449 e. The summed E-state index contributed by atoms with van der Waals surface area (Å²) in [6.45, 7) is 6.28. The predicted molar refractivity (Wildman–Crippen MR) is 130 cm³/mol. The van der Waals surface area contributed by atoms with E-state index in [1.165, 1.54) is 47.6 Å². The fraction of sp³-hybridized carbons (Fsp3) is 0.391. The van der Waals surface area contributed by atoms with E-state index in [9.17, 15) is 28.1 Å². The van der Waals surface area contributed by atoms with Crippen molar-refractivity contribution in [1.82, 2.24) is 4.31 Å². The molecule has 1 saturated heterocycles. The van der Waals surface area contributed by atoms with Gasteiger partial charge in [0.2, 0.25) is 10.0 Å². The molecule has 0 aromatic heterocycles. The maximum Gasteiger partial charge on any atom is 0.338 e. The number of carbonyl (C=O) groups excluding carboxylic acids is 2. The van der Waals surface area contributed by atoms with Crippen molar-refractivity contribution in [3.8, 4) is 0 Å². The van der Waals surface area contributed by atoms with Crippen molar-refractivity contribution in [2.45, 2.75) is 38.2 Å². The van der Waals surface area contributed by atoms with Crippen LogP contribution in [0.15, 0.2) is 47.4 Å². The Morgan fingerprint density at radius 3 is 2.29 bits per heavy atom. The molecule has 0 bridgehead atoms. The van der Waals surface area contributed by atoms with E-state index in [0.717, 1.165) is 12.5 Å². The summed E-state index contributed by atoms with van der Waals surface area (Å²) in [5.41, 5.74) is -0.0272. The number of amides is 1. The van der Waals surface area contributed by atoms with Crippen LogP contribution >= 0.6 is 11.6 Å². The maximum atomic E-state index is 13.0. The second kappa shape index (κ2) is 10.7. The Labute approximate surface area is 208 Å². The minimum absolute atomic E-state index is 0.0413. The van der Waals surface area contributed by atoms with Crippen LogP contribution in [0.25, 0.3) is 0 Å². The van der Waals surface area contributed by atoms with Crippen molar-refractivity contribution in [3.63, 3.8) is 0 Å². The van der Waals surface area contributed by atoms with Crippen molar-refractivity contribution in [2.24, 2.45) is 11.8 Å². The molecule has 35 heavy (non-hydrogen) atoms. The number of carbonyl (C=O) groups is 2. The number of ether oxygens (including phenoxy) is 1. The summed E-state index contributed by atoms with van der Waals surface area (Å²) >= 11 is 5.97. The normalized spacial score (nSPS) is 19.5. The van der Waals surface area contributed by atoms with E-state index >= 15 is 0 Å². The Morgan fingerprint density at radius 1 is 1.14 bits per heavy atom. The zero-order valence-corrected chi connectivity index (χ0v) is 21.0. The number of esters is 1. The number of nitro groups is 1. The molecular weight excluding hydrogens is 498 g/mol. The second-order valence-corrected chi connectivity index (χ2v) is 11.1. The fourth-order valence-corrected chi connectivity index (χ4v) is 5.85. The van der Waals surface area contributed by atoms with Crippen LogP contribution in [0.5, 0.6) is 0 Å². The highest BCUT2D eigenvalue weighted by Gasteiger charge is 2.32. The Morgan fingerprint density at radius 2 is 1.74 bits per heavy atom. The minimum atomic E-state index is -3.69. The number of hydrogen-bond donors (Lipinski definition) is 1. The Hall–Kier alpha value is -3.02. The number of nitrogens with zero attached hydrogens (tertiary/aromatic N) is 2. The zero-order chi connectivity index (χ0) is 25.9. The highest BCUT2D eigenvalue weighted by Crippen LogP contribution is 2.28. The van der Waals surface area contributed by atoms with Crippen LogP contribution < -0.4 is 5.32 Å². The fourth-order valence-electron chi connectivity index (χ4n) is 3.95. The quantitative estimate of drug-likeness (QED) is 0.328. The van der Waals surface area contributed by atoms with Crippen LogP contribution in [0.1, 0.15) is 37.6 Å². The molecule has 12 heteroatoms. The van der Waals surface area contributed by atoms with Gasteiger partial charge in [0.25, 0.3) is 11.6 Å². The van der Waals surface area contributed by atoms with Gasteiger partial charge in [0.15, 0.2) is 6.10 Å². The zero-order valence-electron chi connectivity index (χ0n) is 19.4. The van der Waals surface area contributed by atoms with E-state index < -0.39 is 32.9 Å². The third kappa shape index (κ3) is 6.36. The Bertz CT molecular complexity index is 1220. The summed E-state index contributed by atoms with van der Waals surface area (Å²) in [6.07, 6.45) is -0.243. The first-order chi connectivity index (χ1) is 16.4. The van der Waals surface area contributed by atoms with Crippen LogP contribution in [-0.2, 0) is 19.6 Å². The van der Waals surface area contributed by atoms with E-state index in [2.05, 4.69) is 5.32 Å². The molecule has 0 saturated carbocycles. The Kier molecular flexibility index (Phi) is 8.14. The number of benzene rings is 2. The summed E-state index contributed by atoms with van der Waals surface area (Å²) in [6, 6.07) is 8.91. The lowest BCUT2D eigenvalue weighted by Crippen LogP contribution is -2.42. The number of rotatable bonds is 7. The van der Waals surface area contributed by atoms with Crippen molar-refractivity contribution in [2.75, 3.05) is 18.4 Å². The van der Waals surface area contributed by atoms with Gasteiger partial charge in [-0.05, 0) is 55.5 Å². The molecule has 10 nitrogen and oxygen atoms in total. The molecule has 1 aliphatic rings. The van der Waals surface area contributed by atoms with Crippen LogP contribution in [0.3, 0.4) is 0 Å². The van der Waals surface area contributed by atoms with Gasteiger partial charge in [-0.15, -0.1) is 0 Å². The van der Waals surface area contributed by atoms with Gasteiger partial charge in [-0.3, -0.25) is 14.9 Å². The van der Waals surface area contributed by atoms with E-state index in [1.54, 1.807) is 0 Å².